The van der Waals surface area contributed by atoms with Crippen molar-refractivity contribution in [3.8, 4) is 5.75 Å². The summed E-state index contributed by atoms with van der Waals surface area (Å²) >= 11 is 0. The van der Waals surface area contributed by atoms with Crippen molar-refractivity contribution >= 4 is 5.91 Å². The second-order valence-electron chi connectivity index (χ2n) is 6.54. The maximum absolute atomic E-state index is 12.7. The monoisotopic (exact) mass is 354 g/mol. The standard InChI is InChI=1S/C22H30N2O2/c1-6-24(7-2)21(18-9-8-10-19(14-18)26-5)15-23-22(25)20-13-16(3)11-12-17(20)4/h8-14,21H,6-7,15H2,1-5H3,(H,23,25). The first-order valence-corrected chi connectivity index (χ1v) is 9.23. The highest BCUT2D eigenvalue weighted by atomic mass is 16.5. The lowest BCUT2D eigenvalue weighted by molar-refractivity contribution is 0.0934. The summed E-state index contributed by atoms with van der Waals surface area (Å²) in [5.74, 6) is 0.812. The summed E-state index contributed by atoms with van der Waals surface area (Å²) in [7, 11) is 1.67. The zero-order valence-corrected chi connectivity index (χ0v) is 16.5. The lowest BCUT2D eigenvalue weighted by Gasteiger charge is -2.30. The molecule has 0 aromatic heterocycles. The molecular formula is C22H30N2O2. The Kier molecular flexibility index (Phi) is 7.22. The number of nitrogens with one attached hydrogen (secondary N) is 1. The van der Waals surface area contributed by atoms with Crippen LogP contribution in [0.3, 0.4) is 0 Å². The van der Waals surface area contributed by atoms with Crippen LogP contribution in [0, 0.1) is 13.8 Å². The van der Waals surface area contributed by atoms with Crippen molar-refractivity contribution in [1.82, 2.24) is 10.2 Å². The molecule has 4 nitrogen and oxygen atoms in total. The van der Waals surface area contributed by atoms with E-state index >= 15 is 0 Å². The Bertz CT molecular complexity index is 739. The average molecular weight is 354 g/mol. The maximum atomic E-state index is 12.7. The minimum Gasteiger partial charge on any atom is -0.497 e. The van der Waals surface area contributed by atoms with E-state index in [0.717, 1.165) is 41.1 Å². The molecule has 0 radical (unpaired) electrons. The van der Waals surface area contributed by atoms with Crippen LogP contribution < -0.4 is 10.1 Å². The van der Waals surface area contributed by atoms with Gasteiger partial charge in [-0.15, -0.1) is 0 Å². The van der Waals surface area contributed by atoms with Crippen LogP contribution in [-0.4, -0.2) is 37.6 Å². The highest BCUT2D eigenvalue weighted by Gasteiger charge is 2.20. The van der Waals surface area contributed by atoms with Crippen LogP contribution >= 0.6 is 0 Å². The van der Waals surface area contributed by atoms with Gasteiger partial charge in [-0.2, -0.15) is 0 Å². The van der Waals surface area contributed by atoms with Gasteiger partial charge in [0, 0.05) is 12.1 Å². The van der Waals surface area contributed by atoms with Crippen LogP contribution in [-0.2, 0) is 0 Å². The number of methoxy groups -OCH3 is 1. The Morgan fingerprint density at radius 3 is 2.50 bits per heavy atom. The van der Waals surface area contributed by atoms with Gasteiger partial charge < -0.3 is 10.1 Å². The second kappa shape index (κ2) is 9.39. The van der Waals surface area contributed by atoms with Gasteiger partial charge in [-0.05, 0) is 56.3 Å². The van der Waals surface area contributed by atoms with Gasteiger partial charge in [0.1, 0.15) is 5.75 Å². The fraction of sp³-hybridized carbons (Fsp3) is 0.409. The molecule has 1 amide bonds. The highest BCUT2D eigenvalue weighted by Crippen LogP contribution is 2.24. The molecular weight excluding hydrogens is 324 g/mol. The Labute approximate surface area is 157 Å². The second-order valence-corrected chi connectivity index (χ2v) is 6.54. The Hall–Kier alpha value is -2.33. The van der Waals surface area contributed by atoms with Gasteiger partial charge in [-0.3, -0.25) is 9.69 Å². The van der Waals surface area contributed by atoms with E-state index < -0.39 is 0 Å². The molecule has 1 atom stereocenters. The number of aryl methyl sites for hydroxylation is 2. The molecule has 1 N–H and O–H groups in total. The van der Waals surface area contributed by atoms with E-state index in [9.17, 15) is 4.79 Å². The molecule has 0 fully saturated rings. The Balaban J connectivity index is 2.21. The number of benzene rings is 2. The first-order chi connectivity index (χ1) is 12.5. The summed E-state index contributed by atoms with van der Waals surface area (Å²) in [5.41, 5.74) is 3.98. The zero-order valence-electron chi connectivity index (χ0n) is 16.5. The van der Waals surface area contributed by atoms with Gasteiger partial charge >= 0.3 is 0 Å². The molecule has 0 saturated heterocycles. The summed E-state index contributed by atoms with van der Waals surface area (Å²) in [6.07, 6.45) is 0. The number of nitrogens with zero attached hydrogens (tertiary/aromatic N) is 1. The van der Waals surface area contributed by atoms with Crippen molar-refractivity contribution in [3.05, 3.63) is 64.7 Å². The predicted molar refractivity (Wildman–Crippen MR) is 107 cm³/mol. The molecule has 2 aromatic carbocycles. The number of amides is 1. The molecule has 0 aliphatic rings. The van der Waals surface area contributed by atoms with E-state index in [2.05, 4.69) is 30.1 Å². The molecule has 0 bridgehead atoms. The molecule has 0 aliphatic heterocycles. The highest BCUT2D eigenvalue weighted by molar-refractivity contribution is 5.95. The van der Waals surface area contributed by atoms with Gasteiger partial charge in [0.25, 0.3) is 5.91 Å². The fourth-order valence-electron chi connectivity index (χ4n) is 3.24. The Morgan fingerprint density at radius 1 is 1.12 bits per heavy atom. The van der Waals surface area contributed by atoms with E-state index in [-0.39, 0.29) is 11.9 Å². The summed E-state index contributed by atoms with van der Waals surface area (Å²) in [6.45, 7) is 10.6. The topological polar surface area (TPSA) is 41.6 Å². The van der Waals surface area contributed by atoms with E-state index in [4.69, 9.17) is 4.74 Å². The number of ether oxygens (including phenoxy) is 1. The molecule has 2 rings (SSSR count). The summed E-state index contributed by atoms with van der Waals surface area (Å²) in [6, 6.07) is 14.2. The van der Waals surface area contributed by atoms with Crippen LogP contribution in [0.4, 0.5) is 0 Å². The molecule has 2 aromatic rings. The molecule has 4 heteroatoms. The van der Waals surface area contributed by atoms with Gasteiger partial charge in [0.15, 0.2) is 0 Å². The minimum absolute atomic E-state index is 0.0220. The van der Waals surface area contributed by atoms with Crippen molar-refractivity contribution in [2.24, 2.45) is 0 Å². The van der Waals surface area contributed by atoms with Crippen LogP contribution in [0.15, 0.2) is 42.5 Å². The van der Waals surface area contributed by atoms with Crippen LogP contribution in [0.25, 0.3) is 0 Å². The number of carbonyl (C=O) groups excluding carboxylic acids is 1. The fourth-order valence-corrected chi connectivity index (χ4v) is 3.24. The number of rotatable bonds is 8. The van der Waals surface area contributed by atoms with Crippen molar-refractivity contribution < 1.29 is 9.53 Å². The van der Waals surface area contributed by atoms with Crippen LogP contribution in [0.5, 0.6) is 5.75 Å². The lowest BCUT2D eigenvalue weighted by atomic mass is 10.0. The molecule has 0 spiro atoms. The summed E-state index contributed by atoms with van der Waals surface area (Å²) in [4.78, 5) is 15.1. The maximum Gasteiger partial charge on any atom is 0.251 e. The SMILES string of the molecule is CCN(CC)C(CNC(=O)c1cc(C)ccc1C)c1cccc(OC)c1. The van der Waals surface area contributed by atoms with E-state index in [0.29, 0.717) is 6.54 Å². The third-order valence-corrected chi connectivity index (χ3v) is 4.83. The largest absolute Gasteiger partial charge is 0.497 e. The van der Waals surface area contributed by atoms with Crippen molar-refractivity contribution in [2.75, 3.05) is 26.7 Å². The molecule has 26 heavy (non-hydrogen) atoms. The Morgan fingerprint density at radius 2 is 1.85 bits per heavy atom. The summed E-state index contributed by atoms with van der Waals surface area (Å²) in [5, 5.41) is 3.13. The molecule has 1 unspecified atom stereocenters. The normalized spacial score (nSPS) is 12.1. The van der Waals surface area contributed by atoms with E-state index in [1.165, 1.54) is 0 Å². The van der Waals surface area contributed by atoms with E-state index in [1.54, 1.807) is 7.11 Å². The smallest absolute Gasteiger partial charge is 0.251 e. The van der Waals surface area contributed by atoms with Crippen molar-refractivity contribution in [2.45, 2.75) is 33.7 Å². The van der Waals surface area contributed by atoms with Crippen LogP contribution in [0.2, 0.25) is 0 Å². The third kappa shape index (κ3) is 4.85. The van der Waals surface area contributed by atoms with Gasteiger partial charge in [0.2, 0.25) is 0 Å². The van der Waals surface area contributed by atoms with Gasteiger partial charge in [0.05, 0.1) is 13.2 Å². The number of hydrogen-bond donors (Lipinski definition) is 1. The van der Waals surface area contributed by atoms with Crippen molar-refractivity contribution in [3.63, 3.8) is 0 Å². The number of carbonyl (C=O) groups is 1. The van der Waals surface area contributed by atoms with Crippen molar-refractivity contribution in [1.29, 1.82) is 0 Å². The minimum atomic E-state index is -0.0220. The molecule has 0 saturated carbocycles. The lowest BCUT2D eigenvalue weighted by Crippen LogP contribution is -2.38. The average Bonchev–Trinajstić information content (AvgIpc) is 2.66. The predicted octanol–water partition coefficient (Wildman–Crippen LogP) is 4.12. The van der Waals surface area contributed by atoms with Crippen LogP contribution in [0.1, 0.15) is 46.9 Å². The molecule has 0 aliphatic carbocycles. The summed E-state index contributed by atoms with van der Waals surface area (Å²) < 4.78 is 5.37. The first kappa shape index (κ1) is 20.0. The first-order valence-electron chi connectivity index (χ1n) is 9.23. The zero-order chi connectivity index (χ0) is 19.1. The van der Waals surface area contributed by atoms with Gasteiger partial charge in [-0.25, -0.2) is 0 Å². The van der Waals surface area contributed by atoms with Gasteiger partial charge in [-0.1, -0.05) is 43.7 Å². The third-order valence-electron chi connectivity index (χ3n) is 4.83. The number of hydrogen-bond acceptors (Lipinski definition) is 3. The van der Waals surface area contributed by atoms with E-state index in [1.807, 2.05) is 50.2 Å². The molecule has 0 heterocycles. The molecule has 140 valence electrons. The number of likely N-dealkylation sites (N-methyl/N-ethyl adjacent to an activating group) is 1. The quantitative estimate of drug-likeness (QED) is 0.775.